The van der Waals surface area contributed by atoms with Gasteiger partial charge in [0.1, 0.15) is 6.61 Å². The van der Waals surface area contributed by atoms with Crippen molar-refractivity contribution >= 4 is 23.4 Å². The smallest absolute Gasteiger partial charge is 0.411 e. The molecule has 3 rings (SSSR count). The van der Waals surface area contributed by atoms with Gasteiger partial charge in [0.05, 0.1) is 6.61 Å². The molecule has 2 N–H and O–H groups in total. The number of carbonyl (C=O) groups excluding carboxylic acids is 2. The number of hydrogen-bond acceptors (Lipinski definition) is 4. The summed E-state index contributed by atoms with van der Waals surface area (Å²) in [5.41, 5.74) is 3.29. The first-order chi connectivity index (χ1) is 15.2. The lowest BCUT2D eigenvalue weighted by atomic mass is 9.88. The van der Waals surface area contributed by atoms with E-state index in [9.17, 15) is 9.59 Å². The molecule has 0 aliphatic heterocycles. The zero-order valence-corrected chi connectivity index (χ0v) is 17.4. The minimum absolute atomic E-state index is 0.0560. The number of hydrogen-bond donors (Lipinski definition) is 2. The van der Waals surface area contributed by atoms with E-state index in [1.807, 2.05) is 60.7 Å². The quantitative estimate of drug-likeness (QED) is 0.477. The summed E-state index contributed by atoms with van der Waals surface area (Å²) < 4.78 is 9.84. The van der Waals surface area contributed by atoms with E-state index in [4.69, 9.17) is 9.47 Å². The van der Waals surface area contributed by atoms with Gasteiger partial charge in [-0.1, -0.05) is 66.7 Å². The van der Waals surface area contributed by atoms with Crippen LogP contribution in [0.15, 0.2) is 84.9 Å². The predicted octanol–water partition coefficient (Wildman–Crippen LogP) is 5.04. The van der Waals surface area contributed by atoms with Crippen LogP contribution in [0.3, 0.4) is 0 Å². The van der Waals surface area contributed by atoms with Crippen molar-refractivity contribution in [2.75, 3.05) is 31.0 Å². The van der Waals surface area contributed by atoms with Crippen LogP contribution in [0.1, 0.15) is 23.5 Å². The molecule has 31 heavy (non-hydrogen) atoms. The molecule has 0 saturated heterocycles. The molecule has 0 heterocycles. The number of benzene rings is 3. The number of ether oxygens (including phenoxy) is 2. The fraction of sp³-hybridized carbons (Fsp3) is 0.200. The van der Waals surface area contributed by atoms with E-state index in [1.165, 1.54) is 7.11 Å². The summed E-state index contributed by atoms with van der Waals surface area (Å²) in [6.45, 7) is 0.493. The Morgan fingerprint density at radius 3 is 1.94 bits per heavy atom. The average Bonchev–Trinajstić information content (AvgIpc) is 2.79. The molecule has 0 atom stereocenters. The number of rotatable bonds is 9. The summed E-state index contributed by atoms with van der Waals surface area (Å²) in [7, 11) is 1.54. The van der Waals surface area contributed by atoms with Gasteiger partial charge in [0, 0.05) is 30.8 Å². The van der Waals surface area contributed by atoms with Crippen molar-refractivity contribution in [1.82, 2.24) is 0 Å². The average molecular weight is 418 g/mol. The van der Waals surface area contributed by atoms with E-state index < -0.39 is 6.09 Å². The van der Waals surface area contributed by atoms with Gasteiger partial charge in [-0.3, -0.25) is 10.1 Å². The highest BCUT2D eigenvalue weighted by Crippen LogP contribution is 2.28. The van der Waals surface area contributed by atoms with Gasteiger partial charge in [-0.25, -0.2) is 4.79 Å². The second-order valence-electron chi connectivity index (χ2n) is 6.96. The lowest BCUT2D eigenvalue weighted by Crippen LogP contribution is -2.18. The van der Waals surface area contributed by atoms with Crippen LogP contribution >= 0.6 is 0 Å². The summed E-state index contributed by atoms with van der Waals surface area (Å²) in [6, 6.07) is 26.9. The Morgan fingerprint density at radius 1 is 0.774 bits per heavy atom. The third-order valence-electron chi connectivity index (χ3n) is 4.71. The molecule has 0 radical (unpaired) electrons. The standard InChI is InChI=1S/C25H26N2O4/c1-30-15-16-31-25(29)27-22-14-8-13-21(17-22)26-24(28)18-23(19-9-4-2-5-10-19)20-11-6-3-7-12-20/h2-14,17,23H,15-16,18H2,1H3,(H,26,28)(H,27,29). The Hall–Kier alpha value is -3.64. The minimum atomic E-state index is -0.575. The number of amides is 2. The normalized spacial score (nSPS) is 10.5. The van der Waals surface area contributed by atoms with Crippen LogP contribution < -0.4 is 10.6 Å². The molecule has 0 spiro atoms. The zero-order chi connectivity index (χ0) is 21.9. The molecule has 0 unspecified atom stereocenters. The molecular formula is C25H26N2O4. The van der Waals surface area contributed by atoms with Gasteiger partial charge in [-0.15, -0.1) is 0 Å². The van der Waals surface area contributed by atoms with Gasteiger partial charge in [-0.05, 0) is 29.3 Å². The van der Waals surface area contributed by atoms with Gasteiger partial charge < -0.3 is 14.8 Å². The summed E-state index contributed by atoms with van der Waals surface area (Å²) in [5.74, 6) is -0.169. The molecule has 0 saturated carbocycles. The van der Waals surface area contributed by atoms with Crippen LogP contribution in [0, 0.1) is 0 Å². The SMILES string of the molecule is COCCOC(=O)Nc1cccc(NC(=O)CC(c2ccccc2)c2ccccc2)c1. The number of nitrogens with one attached hydrogen (secondary N) is 2. The Balaban J connectivity index is 1.65. The maximum atomic E-state index is 12.8. The van der Waals surface area contributed by atoms with Gasteiger partial charge in [0.25, 0.3) is 0 Å². The minimum Gasteiger partial charge on any atom is -0.447 e. The van der Waals surface area contributed by atoms with Crippen molar-refractivity contribution in [2.24, 2.45) is 0 Å². The van der Waals surface area contributed by atoms with Crippen LogP contribution in [-0.4, -0.2) is 32.3 Å². The van der Waals surface area contributed by atoms with Crippen LogP contribution in [-0.2, 0) is 14.3 Å². The molecule has 0 aliphatic carbocycles. The maximum absolute atomic E-state index is 12.8. The topological polar surface area (TPSA) is 76.7 Å². The van der Waals surface area contributed by atoms with E-state index in [1.54, 1.807) is 24.3 Å². The fourth-order valence-corrected chi connectivity index (χ4v) is 3.24. The van der Waals surface area contributed by atoms with Crippen LogP contribution in [0.5, 0.6) is 0 Å². The first kappa shape index (κ1) is 22.1. The summed E-state index contributed by atoms with van der Waals surface area (Å²) in [4.78, 5) is 24.6. The third kappa shape index (κ3) is 6.97. The van der Waals surface area contributed by atoms with Crippen molar-refractivity contribution in [3.63, 3.8) is 0 Å². The molecule has 0 fully saturated rings. The molecule has 6 nitrogen and oxygen atoms in total. The molecule has 6 heteroatoms. The summed E-state index contributed by atoms with van der Waals surface area (Å²) in [6.07, 6.45) is -0.279. The van der Waals surface area contributed by atoms with Crippen molar-refractivity contribution in [3.05, 3.63) is 96.1 Å². The van der Waals surface area contributed by atoms with Gasteiger partial charge in [-0.2, -0.15) is 0 Å². The largest absolute Gasteiger partial charge is 0.447 e. The van der Waals surface area contributed by atoms with E-state index in [0.29, 0.717) is 24.4 Å². The highest BCUT2D eigenvalue weighted by atomic mass is 16.6. The fourth-order valence-electron chi connectivity index (χ4n) is 3.24. The maximum Gasteiger partial charge on any atom is 0.411 e. The van der Waals surface area contributed by atoms with E-state index in [-0.39, 0.29) is 18.4 Å². The van der Waals surface area contributed by atoms with Gasteiger partial charge in [0.15, 0.2) is 0 Å². The van der Waals surface area contributed by atoms with Crippen molar-refractivity contribution in [2.45, 2.75) is 12.3 Å². The van der Waals surface area contributed by atoms with Crippen LogP contribution in [0.2, 0.25) is 0 Å². The first-order valence-electron chi connectivity index (χ1n) is 10.1. The lowest BCUT2D eigenvalue weighted by Gasteiger charge is -2.18. The number of anilines is 2. The Kier molecular flexibility index (Phi) is 8.20. The number of carbonyl (C=O) groups is 2. The van der Waals surface area contributed by atoms with E-state index >= 15 is 0 Å². The molecule has 2 amide bonds. The Labute approximate surface area is 182 Å². The molecule has 0 aliphatic rings. The van der Waals surface area contributed by atoms with E-state index in [2.05, 4.69) is 10.6 Å². The van der Waals surface area contributed by atoms with E-state index in [0.717, 1.165) is 11.1 Å². The summed E-state index contributed by atoms with van der Waals surface area (Å²) >= 11 is 0. The van der Waals surface area contributed by atoms with Crippen LogP contribution in [0.4, 0.5) is 16.2 Å². The van der Waals surface area contributed by atoms with Crippen molar-refractivity contribution in [3.8, 4) is 0 Å². The molecule has 3 aromatic carbocycles. The Bertz CT molecular complexity index is 938. The highest BCUT2D eigenvalue weighted by Gasteiger charge is 2.18. The zero-order valence-electron chi connectivity index (χ0n) is 17.4. The Morgan fingerprint density at radius 2 is 1.35 bits per heavy atom. The molecule has 0 bridgehead atoms. The molecule has 160 valence electrons. The first-order valence-corrected chi connectivity index (χ1v) is 10.1. The van der Waals surface area contributed by atoms with Crippen molar-refractivity contribution < 1.29 is 19.1 Å². The monoisotopic (exact) mass is 418 g/mol. The summed E-state index contributed by atoms with van der Waals surface area (Å²) in [5, 5.41) is 5.57. The molecule has 3 aromatic rings. The molecular weight excluding hydrogens is 392 g/mol. The lowest BCUT2D eigenvalue weighted by molar-refractivity contribution is -0.116. The predicted molar refractivity (Wildman–Crippen MR) is 121 cm³/mol. The second-order valence-corrected chi connectivity index (χ2v) is 6.96. The molecule has 0 aromatic heterocycles. The van der Waals surface area contributed by atoms with Crippen LogP contribution in [0.25, 0.3) is 0 Å². The third-order valence-corrected chi connectivity index (χ3v) is 4.71. The second kappa shape index (κ2) is 11.5. The number of methoxy groups -OCH3 is 1. The van der Waals surface area contributed by atoms with Gasteiger partial charge >= 0.3 is 6.09 Å². The van der Waals surface area contributed by atoms with Gasteiger partial charge in [0.2, 0.25) is 5.91 Å². The van der Waals surface area contributed by atoms with Crippen molar-refractivity contribution in [1.29, 1.82) is 0 Å². The highest BCUT2D eigenvalue weighted by molar-refractivity contribution is 5.93.